The number of fused-ring (bicyclic) bond motifs is 1. The second kappa shape index (κ2) is 3.75. The molecule has 5 heteroatoms. The number of morpholine rings is 1. The monoisotopic (exact) mass is 218 g/mol. The number of hydrogen-bond acceptors (Lipinski definition) is 4. The van der Waals surface area contributed by atoms with Crippen molar-refractivity contribution in [3.05, 3.63) is 18.1 Å². The molecule has 16 heavy (non-hydrogen) atoms. The quantitative estimate of drug-likeness (QED) is 0.778. The molecule has 0 radical (unpaired) electrons. The number of nitrogens with zero attached hydrogens (tertiary/aromatic N) is 3. The zero-order valence-electron chi connectivity index (χ0n) is 9.23. The van der Waals surface area contributed by atoms with Gasteiger partial charge in [0.1, 0.15) is 17.3 Å². The summed E-state index contributed by atoms with van der Waals surface area (Å²) >= 11 is 0. The van der Waals surface area contributed by atoms with Crippen LogP contribution in [0.1, 0.15) is 5.82 Å². The zero-order valence-corrected chi connectivity index (χ0v) is 9.23. The van der Waals surface area contributed by atoms with Gasteiger partial charge in [-0.15, -0.1) is 0 Å². The molecule has 0 aliphatic carbocycles. The molecule has 84 valence electrons. The topological polar surface area (TPSA) is 54.0 Å². The number of anilines is 1. The van der Waals surface area contributed by atoms with Gasteiger partial charge in [0, 0.05) is 19.3 Å². The van der Waals surface area contributed by atoms with Crippen molar-refractivity contribution in [3.8, 4) is 0 Å². The summed E-state index contributed by atoms with van der Waals surface area (Å²) in [5, 5.41) is 1.09. The van der Waals surface area contributed by atoms with Gasteiger partial charge in [-0.05, 0) is 13.0 Å². The molecule has 3 heterocycles. The van der Waals surface area contributed by atoms with E-state index in [-0.39, 0.29) is 0 Å². The van der Waals surface area contributed by atoms with Crippen molar-refractivity contribution in [1.29, 1.82) is 0 Å². The molecule has 0 bridgehead atoms. The van der Waals surface area contributed by atoms with Gasteiger partial charge in [0.15, 0.2) is 0 Å². The number of H-pyrrole nitrogens is 1. The third kappa shape index (κ3) is 1.53. The van der Waals surface area contributed by atoms with Gasteiger partial charge in [-0.2, -0.15) is 0 Å². The first kappa shape index (κ1) is 9.59. The first-order valence-corrected chi connectivity index (χ1v) is 5.49. The molecule has 2 aromatic rings. The first-order valence-electron chi connectivity index (χ1n) is 5.49. The fourth-order valence-corrected chi connectivity index (χ4v) is 2.05. The van der Waals surface area contributed by atoms with Gasteiger partial charge in [-0.25, -0.2) is 9.97 Å². The van der Waals surface area contributed by atoms with Crippen LogP contribution >= 0.6 is 0 Å². The van der Waals surface area contributed by atoms with Crippen LogP contribution in [0.3, 0.4) is 0 Å². The minimum Gasteiger partial charge on any atom is -0.378 e. The van der Waals surface area contributed by atoms with Gasteiger partial charge in [0.05, 0.1) is 18.6 Å². The van der Waals surface area contributed by atoms with Crippen LogP contribution < -0.4 is 4.90 Å². The summed E-state index contributed by atoms with van der Waals surface area (Å²) in [5.41, 5.74) is 0.911. The van der Waals surface area contributed by atoms with E-state index < -0.39 is 0 Å². The summed E-state index contributed by atoms with van der Waals surface area (Å²) in [6, 6.07) is 2.03. The SMILES string of the molecule is Cc1nc(N2CCOCC2)c2cc[nH]c2n1. The molecule has 5 nitrogen and oxygen atoms in total. The molecule has 0 unspecified atom stereocenters. The van der Waals surface area contributed by atoms with Crippen molar-refractivity contribution in [2.75, 3.05) is 31.2 Å². The highest BCUT2D eigenvalue weighted by molar-refractivity contribution is 5.87. The average Bonchev–Trinajstić information content (AvgIpc) is 2.77. The number of hydrogen-bond donors (Lipinski definition) is 1. The Morgan fingerprint density at radius 2 is 2.12 bits per heavy atom. The smallest absolute Gasteiger partial charge is 0.143 e. The van der Waals surface area contributed by atoms with Gasteiger partial charge in [-0.3, -0.25) is 0 Å². The Labute approximate surface area is 93.5 Å². The molecule has 1 aliphatic rings. The number of aryl methyl sites for hydroxylation is 1. The van der Waals surface area contributed by atoms with Crippen LogP contribution in [0, 0.1) is 6.92 Å². The highest BCUT2D eigenvalue weighted by Crippen LogP contribution is 2.23. The van der Waals surface area contributed by atoms with E-state index in [2.05, 4.69) is 19.9 Å². The summed E-state index contributed by atoms with van der Waals surface area (Å²) in [5.74, 6) is 1.82. The fraction of sp³-hybridized carbons (Fsp3) is 0.455. The third-order valence-corrected chi connectivity index (χ3v) is 2.82. The summed E-state index contributed by atoms with van der Waals surface area (Å²) < 4.78 is 5.35. The van der Waals surface area contributed by atoms with Gasteiger partial charge in [0.25, 0.3) is 0 Å². The van der Waals surface area contributed by atoms with Crippen molar-refractivity contribution in [2.24, 2.45) is 0 Å². The number of aromatic nitrogens is 3. The van der Waals surface area contributed by atoms with Crippen LogP contribution in [-0.4, -0.2) is 41.3 Å². The minimum atomic E-state index is 0.773. The molecule has 0 amide bonds. The van der Waals surface area contributed by atoms with E-state index in [0.29, 0.717) is 0 Å². The van der Waals surface area contributed by atoms with Crippen LogP contribution in [0.4, 0.5) is 5.82 Å². The molecule has 1 aliphatic heterocycles. The fourth-order valence-electron chi connectivity index (χ4n) is 2.05. The van der Waals surface area contributed by atoms with Crippen LogP contribution in [-0.2, 0) is 4.74 Å². The largest absolute Gasteiger partial charge is 0.378 e. The average molecular weight is 218 g/mol. The Morgan fingerprint density at radius 1 is 1.31 bits per heavy atom. The maximum Gasteiger partial charge on any atom is 0.143 e. The summed E-state index contributed by atoms with van der Waals surface area (Å²) in [6.07, 6.45) is 1.91. The predicted molar refractivity (Wildman–Crippen MR) is 61.7 cm³/mol. The van der Waals surface area contributed by atoms with E-state index in [1.54, 1.807) is 0 Å². The normalized spacial score (nSPS) is 16.9. The summed E-state index contributed by atoms with van der Waals surface area (Å²) in [6.45, 7) is 5.27. The highest BCUT2D eigenvalue weighted by atomic mass is 16.5. The van der Waals surface area contributed by atoms with Gasteiger partial charge in [0.2, 0.25) is 0 Å². The van der Waals surface area contributed by atoms with Crippen LogP contribution in [0.2, 0.25) is 0 Å². The van der Waals surface area contributed by atoms with Crippen LogP contribution in [0.5, 0.6) is 0 Å². The van der Waals surface area contributed by atoms with E-state index in [9.17, 15) is 0 Å². The van der Waals surface area contributed by atoms with Crippen LogP contribution in [0.15, 0.2) is 12.3 Å². The molecule has 0 saturated carbocycles. The highest BCUT2D eigenvalue weighted by Gasteiger charge is 2.16. The molecule has 0 atom stereocenters. The number of nitrogens with one attached hydrogen (secondary N) is 1. The lowest BCUT2D eigenvalue weighted by molar-refractivity contribution is 0.122. The maximum absolute atomic E-state index is 5.35. The van der Waals surface area contributed by atoms with Crippen molar-refractivity contribution in [2.45, 2.75) is 6.92 Å². The number of ether oxygens (including phenoxy) is 1. The Morgan fingerprint density at radius 3 is 2.94 bits per heavy atom. The maximum atomic E-state index is 5.35. The van der Waals surface area contributed by atoms with E-state index in [4.69, 9.17) is 4.74 Å². The van der Waals surface area contributed by atoms with Crippen molar-refractivity contribution >= 4 is 16.9 Å². The van der Waals surface area contributed by atoms with E-state index in [1.807, 2.05) is 19.2 Å². The predicted octanol–water partition coefficient (Wildman–Crippen LogP) is 1.10. The van der Waals surface area contributed by atoms with Crippen LogP contribution in [0.25, 0.3) is 11.0 Å². The summed E-state index contributed by atoms with van der Waals surface area (Å²) in [7, 11) is 0. The first-order chi connectivity index (χ1) is 7.84. The van der Waals surface area contributed by atoms with Gasteiger partial charge < -0.3 is 14.6 Å². The molecule has 3 rings (SSSR count). The van der Waals surface area contributed by atoms with E-state index >= 15 is 0 Å². The Hall–Kier alpha value is -1.62. The van der Waals surface area contributed by atoms with Crippen molar-refractivity contribution in [3.63, 3.8) is 0 Å². The molecule has 2 aromatic heterocycles. The van der Waals surface area contributed by atoms with E-state index in [1.165, 1.54) is 0 Å². The third-order valence-electron chi connectivity index (χ3n) is 2.82. The second-order valence-corrected chi connectivity index (χ2v) is 3.93. The van der Waals surface area contributed by atoms with Crippen molar-refractivity contribution < 1.29 is 4.74 Å². The molecule has 0 spiro atoms. The van der Waals surface area contributed by atoms with E-state index in [0.717, 1.165) is 49.0 Å². The molecular formula is C11H14N4O. The number of rotatable bonds is 1. The van der Waals surface area contributed by atoms with Crippen molar-refractivity contribution in [1.82, 2.24) is 15.0 Å². The second-order valence-electron chi connectivity index (χ2n) is 3.93. The van der Waals surface area contributed by atoms with Gasteiger partial charge >= 0.3 is 0 Å². The molecule has 1 N–H and O–H groups in total. The lowest BCUT2D eigenvalue weighted by atomic mass is 10.3. The molecule has 1 fully saturated rings. The Kier molecular flexibility index (Phi) is 2.25. The number of aromatic amines is 1. The lowest BCUT2D eigenvalue weighted by Gasteiger charge is -2.28. The zero-order chi connectivity index (χ0) is 11.0. The standard InChI is InChI=1S/C11H14N4O/c1-8-13-10-9(2-3-12-10)11(14-8)15-4-6-16-7-5-15/h2-3H,4-7H2,1H3,(H,12,13,14). The molecular weight excluding hydrogens is 204 g/mol. The Bertz CT molecular complexity index is 502. The minimum absolute atomic E-state index is 0.773. The molecule has 0 aromatic carbocycles. The Balaban J connectivity index is 2.09. The summed E-state index contributed by atoms with van der Waals surface area (Å²) in [4.78, 5) is 14.3. The molecule has 1 saturated heterocycles. The lowest BCUT2D eigenvalue weighted by Crippen LogP contribution is -2.37. The van der Waals surface area contributed by atoms with Gasteiger partial charge in [-0.1, -0.05) is 0 Å².